The van der Waals surface area contributed by atoms with Crippen molar-refractivity contribution in [3.63, 3.8) is 0 Å². The Bertz CT molecular complexity index is 558. The monoisotopic (exact) mass is 274 g/mol. The third kappa shape index (κ3) is 3.72. The highest BCUT2D eigenvalue weighted by Gasteiger charge is 2.01. The Morgan fingerprint density at radius 3 is 1.50 bits per heavy atom. The molecule has 0 bridgehead atoms. The normalized spacial score (nSPS) is 14.4. The Kier molecular flexibility index (Phi) is 4.59. The van der Waals surface area contributed by atoms with Crippen LogP contribution in [0.4, 0.5) is 11.4 Å². The molecule has 0 aliphatic carbocycles. The maximum atomic E-state index is 10.9. The Hall–Kier alpha value is -2.06. The van der Waals surface area contributed by atoms with Gasteiger partial charge in [-0.1, -0.05) is 36.4 Å². The van der Waals surface area contributed by atoms with Gasteiger partial charge in [0.05, 0.1) is 0 Å². The lowest BCUT2D eigenvalue weighted by Crippen LogP contribution is -2.99. The number of hydrogen-bond acceptors (Lipinski definition) is 4. The zero-order chi connectivity index (χ0) is 14.5. The predicted molar refractivity (Wildman–Crippen MR) is 73.4 cm³/mol. The Morgan fingerprint density at radius 1 is 0.750 bits per heavy atom. The van der Waals surface area contributed by atoms with Gasteiger partial charge in [0, 0.05) is 24.3 Å². The van der Waals surface area contributed by atoms with Crippen LogP contribution in [-0.4, -0.2) is 10.4 Å². The first-order valence-electron chi connectivity index (χ1n) is 5.91. The van der Waals surface area contributed by atoms with E-state index in [2.05, 4.69) is 0 Å². The van der Waals surface area contributed by atoms with Crippen LogP contribution in [0.15, 0.2) is 48.5 Å². The fourth-order valence-corrected chi connectivity index (χ4v) is 1.74. The van der Waals surface area contributed by atoms with Crippen molar-refractivity contribution in [2.75, 3.05) is 0 Å². The zero-order valence-corrected chi connectivity index (χ0v) is 10.5. The van der Waals surface area contributed by atoms with E-state index in [1.54, 1.807) is 48.6 Å². The first-order chi connectivity index (χ1) is 9.56. The highest BCUT2D eigenvalue weighted by molar-refractivity contribution is 5.71. The van der Waals surface area contributed by atoms with Crippen molar-refractivity contribution in [1.29, 1.82) is 0 Å². The summed E-state index contributed by atoms with van der Waals surface area (Å²) in [4.78, 5) is 0. The van der Waals surface area contributed by atoms with Gasteiger partial charge in [0.15, 0.2) is 11.4 Å². The molecule has 0 spiro atoms. The third-order valence-electron chi connectivity index (χ3n) is 2.74. The Balaban J connectivity index is 2.21. The molecule has 6 heteroatoms. The van der Waals surface area contributed by atoms with Gasteiger partial charge in [0.2, 0.25) is 0 Å². The van der Waals surface area contributed by atoms with Crippen LogP contribution in [0.5, 0.6) is 0 Å². The van der Waals surface area contributed by atoms with Crippen LogP contribution >= 0.6 is 0 Å². The van der Waals surface area contributed by atoms with E-state index in [0.29, 0.717) is 0 Å². The second-order valence-corrected chi connectivity index (χ2v) is 4.19. The van der Waals surface area contributed by atoms with Crippen molar-refractivity contribution in [1.82, 2.24) is 0 Å². The molecule has 20 heavy (non-hydrogen) atoms. The predicted octanol–water partition coefficient (Wildman–Crippen LogP) is 0.664. The van der Waals surface area contributed by atoms with Crippen molar-refractivity contribution < 1.29 is 20.9 Å². The first-order valence-corrected chi connectivity index (χ1v) is 5.91. The van der Waals surface area contributed by atoms with E-state index in [1.807, 2.05) is 0 Å². The summed E-state index contributed by atoms with van der Waals surface area (Å²) in [5, 5.41) is 37.6. The molecule has 0 saturated carbocycles. The number of hydrogen-bond donors (Lipinski definition) is 4. The standard InChI is InChI=1S/C14H14N2O4/c17-15(18)13-5-1-3-11(9-13)7-8-12-4-2-6-14(10-12)16(19)20/h1-10,15-17,19H. The molecular formula is C14H14N2O4. The molecule has 0 aromatic heterocycles. The van der Waals surface area contributed by atoms with E-state index >= 15 is 0 Å². The van der Waals surface area contributed by atoms with E-state index in [0.717, 1.165) is 11.1 Å². The minimum atomic E-state index is -0.979. The van der Waals surface area contributed by atoms with E-state index in [4.69, 9.17) is 10.4 Å². The van der Waals surface area contributed by atoms with E-state index in [1.165, 1.54) is 12.1 Å². The van der Waals surface area contributed by atoms with Crippen LogP contribution in [-0.2, 0) is 0 Å². The van der Waals surface area contributed by atoms with Gasteiger partial charge < -0.3 is 10.4 Å². The highest BCUT2D eigenvalue weighted by Crippen LogP contribution is 2.13. The maximum absolute atomic E-state index is 10.9. The van der Waals surface area contributed by atoms with Crippen LogP contribution in [0, 0.1) is 10.4 Å². The van der Waals surface area contributed by atoms with E-state index in [-0.39, 0.29) is 11.4 Å². The summed E-state index contributed by atoms with van der Waals surface area (Å²) in [7, 11) is 0. The molecule has 2 rings (SSSR count). The van der Waals surface area contributed by atoms with Gasteiger partial charge in [0.25, 0.3) is 0 Å². The first kappa shape index (κ1) is 14.4. The molecule has 0 heterocycles. The van der Waals surface area contributed by atoms with Crippen molar-refractivity contribution in [2.45, 2.75) is 0 Å². The third-order valence-corrected chi connectivity index (χ3v) is 2.74. The summed E-state index contributed by atoms with van der Waals surface area (Å²) in [6.45, 7) is 0. The summed E-state index contributed by atoms with van der Waals surface area (Å²) < 4.78 is 0. The molecule has 2 aromatic rings. The minimum Gasteiger partial charge on any atom is -0.595 e. The Morgan fingerprint density at radius 2 is 1.15 bits per heavy atom. The summed E-state index contributed by atoms with van der Waals surface area (Å²) >= 11 is 0. The van der Waals surface area contributed by atoms with Crippen molar-refractivity contribution in [3.8, 4) is 0 Å². The highest BCUT2D eigenvalue weighted by atomic mass is 16.8. The van der Waals surface area contributed by atoms with Gasteiger partial charge >= 0.3 is 0 Å². The summed E-state index contributed by atoms with van der Waals surface area (Å²) in [5.74, 6) is 0. The van der Waals surface area contributed by atoms with E-state index < -0.39 is 10.5 Å². The zero-order valence-electron chi connectivity index (χ0n) is 10.5. The van der Waals surface area contributed by atoms with Gasteiger partial charge in [-0.2, -0.15) is 10.5 Å². The summed E-state index contributed by atoms with van der Waals surface area (Å²) in [5.41, 5.74) is 1.91. The molecule has 2 aromatic carbocycles. The SMILES string of the molecule is [O-][NH+](O)c1cccc(C=Cc2cccc([NH+]([O-])O)c2)c1. The molecule has 0 aliphatic heterocycles. The molecule has 4 N–H and O–H groups in total. The van der Waals surface area contributed by atoms with E-state index in [9.17, 15) is 10.4 Å². The fraction of sp³-hybridized carbons (Fsp3) is 0. The minimum absolute atomic E-state index is 0.214. The maximum Gasteiger partial charge on any atom is 0.164 e. The van der Waals surface area contributed by atoms with Gasteiger partial charge in [-0.05, 0) is 11.1 Å². The lowest BCUT2D eigenvalue weighted by atomic mass is 10.1. The summed E-state index contributed by atoms with van der Waals surface area (Å²) in [6, 6.07) is 13.0. The number of nitrogens with one attached hydrogen (secondary N) is 2. The molecule has 2 atom stereocenters. The second kappa shape index (κ2) is 6.40. The average Bonchev–Trinajstić information content (AvgIpc) is 2.45. The quantitative estimate of drug-likeness (QED) is 0.486. The largest absolute Gasteiger partial charge is 0.595 e. The van der Waals surface area contributed by atoms with Crippen LogP contribution < -0.4 is 10.5 Å². The van der Waals surface area contributed by atoms with Crippen LogP contribution in [0.2, 0.25) is 0 Å². The lowest BCUT2D eigenvalue weighted by Gasteiger charge is -2.12. The molecule has 0 radical (unpaired) electrons. The van der Waals surface area contributed by atoms with Crippen LogP contribution in [0.25, 0.3) is 12.2 Å². The average molecular weight is 274 g/mol. The molecule has 0 amide bonds. The molecule has 104 valence electrons. The van der Waals surface area contributed by atoms with Crippen molar-refractivity contribution in [3.05, 3.63) is 70.1 Å². The smallest absolute Gasteiger partial charge is 0.164 e. The van der Waals surface area contributed by atoms with Gasteiger partial charge in [-0.3, -0.25) is 0 Å². The molecule has 0 saturated heterocycles. The topological polar surface area (TPSA) is 95.5 Å². The van der Waals surface area contributed by atoms with Crippen molar-refractivity contribution >= 4 is 23.5 Å². The number of rotatable bonds is 4. The second-order valence-electron chi connectivity index (χ2n) is 4.19. The van der Waals surface area contributed by atoms with Crippen LogP contribution in [0.1, 0.15) is 11.1 Å². The molecule has 6 nitrogen and oxygen atoms in total. The number of quaternary nitrogens is 2. The van der Waals surface area contributed by atoms with Gasteiger partial charge in [-0.15, -0.1) is 0 Å². The van der Waals surface area contributed by atoms with Crippen LogP contribution in [0.3, 0.4) is 0 Å². The number of benzene rings is 2. The van der Waals surface area contributed by atoms with Gasteiger partial charge in [0.1, 0.15) is 0 Å². The molecule has 0 fully saturated rings. The summed E-state index contributed by atoms with van der Waals surface area (Å²) in [6.07, 6.45) is 3.49. The fourth-order valence-electron chi connectivity index (χ4n) is 1.74. The van der Waals surface area contributed by atoms with Gasteiger partial charge in [-0.25, -0.2) is 10.4 Å². The molecule has 2 unspecified atom stereocenters. The Labute approximate surface area is 115 Å². The molecule has 0 aliphatic rings. The van der Waals surface area contributed by atoms with Crippen molar-refractivity contribution in [2.24, 2.45) is 0 Å². The lowest BCUT2D eigenvalue weighted by molar-refractivity contribution is -0.991. The molecular weight excluding hydrogens is 260 g/mol.